The van der Waals surface area contributed by atoms with Crippen molar-refractivity contribution in [1.29, 1.82) is 0 Å². The fraction of sp³-hybridized carbons (Fsp3) is 0.143. The summed E-state index contributed by atoms with van der Waals surface area (Å²) >= 11 is 0. The maximum absolute atomic E-state index is 12.7. The fourth-order valence-electron chi connectivity index (χ4n) is 0.922. The molecule has 88 valence electrons. The van der Waals surface area contributed by atoms with Gasteiger partial charge in [0, 0.05) is 6.54 Å². The van der Waals surface area contributed by atoms with Gasteiger partial charge < -0.3 is 12.9 Å². The molecular weight excluding hydrogens is 270 g/mol. The van der Waals surface area contributed by atoms with Crippen LogP contribution in [0.25, 0.3) is 0 Å². The summed E-state index contributed by atoms with van der Waals surface area (Å²) in [6.45, 7) is -3.46. The minimum atomic E-state index is -5.30. The molecule has 1 heterocycles. The average Bonchev–Trinajstić information content (AvgIpc) is 2.12. The fourth-order valence-corrected chi connectivity index (χ4v) is 0.922. The molecule has 0 bridgehead atoms. The molecule has 0 spiro atoms. The zero-order chi connectivity index (χ0) is 12.5. The molecule has 0 radical (unpaired) electrons. The van der Waals surface area contributed by atoms with Crippen LogP contribution >= 0.6 is 0 Å². The molecule has 0 aliphatic rings. The number of hydrogen-bond acceptors (Lipinski definition) is 2. The smallest absolute Gasteiger partial charge is 0.445 e. The van der Waals surface area contributed by atoms with Gasteiger partial charge in [-0.3, -0.25) is 14.3 Å². The van der Waals surface area contributed by atoms with E-state index in [4.69, 9.17) is 0 Å². The molecule has 4 nitrogen and oxygen atoms in total. The minimum absolute atomic E-state index is 0. The maximum Gasteiger partial charge on any atom is 1.00 e. The van der Waals surface area contributed by atoms with Crippen molar-refractivity contribution in [3.05, 3.63) is 44.9 Å². The van der Waals surface area contributed by atoms with Crippen LogP contribution in [0, 0.1) is 5.82 Å². The number of nitrogens with one attached hydrogen (secondary N) is 1. The Morgan fingerprint density at radius 3 is 2.41 bits per heavy atom. The summed E-state index contributed by atoms with van der Waals surface area (Å²) in [5.41, 5.74) is -3.55. The molecule has 17 heavy (non-hydrogen) atoms. The summed E-state index contributed by atoms with van der Waals surface area (Å²) in [7, 11) is 0. The van der Waals surface area contributed by atoms with Gasteiger partial charge in [0.2, 0.25) is 5.82 Å². The molecule has 10 heteroatoms. The number of nitrogens with zero attached hydrogens (tertiary/aromatic N) is 1. The van der Waals surface area contributed by atoms with E-state index >= 15 is 0 Å². The van der Waals surface area contributed by atoms with Crippen molar-refractivity contribution < 1.29 is 68.7 Å². The Labute approximate surface area is 135 Å². The van der Waals surface area contributed by atoms with Crippen LogP contribution < -0.4 is 62.6 Å². The normalized spacial score (nSPS) is 10.8. The molecule has 0 saturated carbocycles. The van der Waals surface area contributed by atoms with Gasteiger partial charge in [-0.25, -0.2) is 4.79 Å². The Balaban J connectivity index is 0.00000256. The van der Waals surface area contributed by atoms with Crippen molar-refractivity contribution in [3.8, 4) is 0 Å². The van der Waals surface area contributed by atoms with E-state index in [1.165, 1.54) is 4.98 Å². The van der Waals surface area contributed by atoms with Crippen LogP contribution in [0.5, 0.6) is 0 Å². The van der Waals surface area contributed by atoms with Gasteiger partial charge in [-0.05, 0) is 0 Å². The first-order valence-electron chi connectivity index (χ1n) is 4.08. The number of rotatable bonds is 3. The predicted octanol–water partition coefficient (Wildman–Crippen LogP) is -2.38. The number of hydrogen-bond donors (Lipinski definition) is 1. The van der Waals surface area contributed by atoms with Gasteiger partial charge in [0.15, 0.2) is 0 Å². The summed E-state index contributed by atoms with van der Waals surface area (Å²) in [6.07, 6.45) is 0.411. The first-order chi connectivity index (χ1) is 7.21. The Hall–Kier alpha value is -0.159. The molecule has 0 aliphatic heterocycles. The average molecular weight is 276 g/mol. The van der Waals surface area contributed by atoms with Crippen LogP contribution in [-0.2, 0) is 6.54 Å². The SMILES string of the molecule is C=C(Cn1cc(F)c(=O)[nH]c1=O)[B-](F)(F)F.[K+]. The van der Waals surface area contributed by atoms with Gasteiger partial charge >= 0.3 is 64.1 Å². The molecule has 1 aromatic heterocycles. The van der Waals surface area contributed by atoms with Crippen LogP contribution in [0.15, 0.2) is 27.8 Å². The molecule has 1 rings (SSSR count). The monoisotopic (exact) mass is 276 g/mol. The van der Waals surface area contributed by atoms with Crippen LogP contribution in [0.3, 0.4) is 0 Å². The van der Waals surface area contributed by atoms with Crippen molar-refractivity contribution in [2.24, 2.45) is 0 Å². The van der Waals surface area contributed by atoms with Gasteiger partial charge in [0.1, 0.15) is 0 Å². The molecule has 0 fully saturated rings. The van der Waals surface area contributed by atoms with Gasteiger partial charge in [-0.1, -0.05) is 0 Å². The zero-order valence-electron chi connectivity index (χ0n) is 8.84. The van der Waals surface area contributed by atoms with E-state index in [1.807, 2.05) is 0 Å². The second-order valence-electron chi connectivity index (χ2n) is 3.10. The second-order valence-corrected chi connectivity index (χ2v) is 3.10. The Morgan fingerprint density at radius 1 is 1.41 bits per heavy atom. The van der Waals surface area contributed by atoms with E-state index in [-0.39, 0.29) is 51.4 Å². The van der Waals surface area contributed by atoms with Crippen molar-refractivity contribution >= 4 is 6.98 Å². The van der Waals surface area contributed by atoms with Crippen molar-refractivity contribution in [3.63, 3.8) is 0 Å². The quantitative estimate of drug-likeness (QED) is 0.495. The molecule has 0 amide bonds. The molecule has 1 N–H and O–H groups in total. The van der Waals surface area contributed by atoms with E-state index in [0.717, 1.165) is 0 Å². The van der Waals surface area contributed by atoms with Gasteiger partial charge in [0.25, 0.3) is 5.56 Å². The van der Waals surface area contributed by atoms with Crippen molar-refractivity contribution in [2.45, 2.75) is 6.54 Å². The molecule has 0 unspecified atom stereocenters. The summed E-state index contributed by atoms with van der Waals surface area (Å²) in [4.78, 5) is 23.1. The van der Waals surface area contributed by atoms with E-state index in [9.17, 15) is 26.9 Å². The third-order valence-corrected chi connectivity index (χ3v) is 1.80. The Bertz CT molecular complexity index is 536. The molecular formula is C7H6BF4KN2O2. The van der Waals surface area contributed by atoms with E-state index in [2.05, 4.69) is 6.58 Å². The maximum atomic E-state index is 12.7. The summed E-state index contributed by atoms with van der Waals surface area (Å²) in [5.74, 6) is -1.33. The second kappa shape index (κ2) is 6.14. The first kappa shape index (κ1) is 16.8. The van der Waals surface area contributed by atoms with E-state index in [1.54, 1.807) is 0 Å². The molecule has 0 atom stereocenters. The molecule has 1 aromatic rings. The third kappa shape index (κ3) is 4.54. The number of aromatic amines is 1. The van der Waals surface area contributed by atoms with E-state index in [0.29, 0.717) is 10.8 Å². The number of allylic oxidation sites excluding steroid dienone is 1. The van der Waals surface area contributed by atoms with Crippen molar-refractivity contribution in [2.75, 3.05) is 0 Å². The van der Waals surface area contributed by atoms with Crippen molar-refractivity contribution in [1.82, 2.24) is 9.55 Å². The standard InChI is InChI=1S/C7H6BF4N2O2.K/c1-4(8(10,11)12)2-14-3-5(9)6(15)13-7(14)16;/h3H,1-2H2,(H,13,15,16);/q-1;+1. The zero-order valence-corrected chi connectivity index (χ0v) is 12.0. The van der Waals surface area contributed by atoms with Gasteiger partial charge in [0.05, 0.1) is 6.20 Å². The van der Waals surface area contributed by atoms with E-state index < -0.39 is 36.1 Å². The minimum Gasteiger partial charge on any atom is -0.445 e. The topological polar surface area (TPSA) is 54.9 Å². The van der Waals surface area contributed by atoms with Gasteiger partial charge in [-0.2, -0.15) is 4.39 Å². The van der Waals surface area contributed by atoms with Crippen LogP contribution in [0.4, 0.5) is 17.3 Å². The Morgan fingerprint density at radius 2 is 1.94 bits per heavy atom. The summed E-state index contributed by atoms with van der Waals surface area (Å²) in [6, 6.07) is 0. The summed E-state index contributed by atoms with van der Waals surface area (Å²) in [5, 5.41) is 0. The molecule has 0 aliphatic carbocycles. The number of H-pyrrole nitrogens is 1. The predicted molar refractivity (Wildman–Crippen MR) is 49.5 cm³/mol. The summed E-state index contributed by atoms with van der Waals surface area (Å²) < 4.78 is 49.5. The van der Waals surface area contributed by atoms with Crippen LogP contribution in [0.2, 0.25) is 0 Å². The van der Waals surface area contributed by atoms with Gasteiger partial charge in [-0.15, -0.1) is 12.1 Å². The van der Waals surface area contributed by atoms with Crippen LogP contribution in [0.1, 0.15) is 0 Å². The largest absolute Gasteiger partial charge is 1.00 e. The molecule has 0 aromatic carbocycles. The molecule has 0 saturated heterocycles. The number of aromatic nitrogens is 2. The Kier molecular flexibility index (Phi) is 6.08. The number of halogens is 4. The third-order valence-electron chi connectivity index (χ3n) is 1.80. The van der Waals surface area contributed by atoms with Crippen LogP contribution in [-0.4, -0.2) is 16.5 Å². The first-order valence-corrected chi connectivity index (χ1v) is 4.08.